The lowest BCUT2D eigenvalue weighted by Crippen LogP contribution is -2.07. The van der Waals surface area contributed by atoms with Crippen LogP contribution in [0.25, 0.3) is 5.69 Å². The van der Waals surface area contributed by atoms with Crippen molar-refractivity contribution >= 4 is 11.9 Å². The van der Waals surface area contributed by atoms with E-state index < -0.39 is 5.97 Å². The van der Waals surface area contributed by atoms with Gasteiger partial charge >= 0.3 is 5.97 Å². The van der Waals surface area contributed by atoms with Crippen LogP contribution in [0.5, 0.6) is 0 Å². The van der Waals surface area contributed by atoms with Crippen LogP contribution in [0.15, 0.2) is 54.6 Å². The second-order valence-corrected chi connectivity index (χ2v) is 4.61. The summed E-state index contributed by atoms with van der Waals surface area (Å²) in [6.45, 7) is 0.493. The molecule has 22 heavy (non-hydrogen) atoms. The highest BCUT2D eigenvalue weighted by molar-refractivity contribution is 5.87. The van der Waals surface area contributed by atoms with E-state index in [1.54, 1.807) is 28.9 Å². The molecule has 2 aromatic carbocycles. The maximum Gasteiger partial charge on any atom is 0.335 e. The molecule has 0 unspecified atom stereocenters. The fourth-order valence-electron chi connectivity index (χ4n) is 1.99. The molecule has 3 rings (SSSR count). The van der Waals surface area contributed by atoms with Gasteiger partial charge in [-0.3, -0.25) is 0 Å². The van der Waals surface area contributed by atoms with Gasteiger partial charge in [0, 0.05) is 6.54 Å². The molecule has 0 aliphatic rings. The van der Waals surface area contributed by atoms with Crippen molar-refractivity contribution in [3.8, 4) is 5.69 Å². The molecular formula is C15H13N5O2. The summed E-state index contributed by atoms with van der Waals surface area (Å²) in [6.07, 6.45) is 0. The summed E-state index contributed by atoms with van der Waals surface area (Å²) in [5.41, 5.74) is 2.06. The number of hydrogen-bond acceptors (Lipinski definition) is 5. The summed E-state index contributed by atoms with van der Waals surface area (Å²) < 4.78 is 1.60. The number of carbonyl (C=O) groups is 1. The van der Waals surface area contributed by atoms with Crippen LogP contribution in [-0.4, -0.2) is 31.3 Å². The number of anilines is 1. The molecule has 7 heteroatoms. The molecule has 0 saturated carbocycles. The molecule has 2 N–H and O–H groups in total. The Labute approximate surface area is 126 Å². The molecular weight excluding hydrogens is 282 g/mol. The number of nitrogens with one attached hydrogen (secondary N) is 1. The highest BCUT2D eigenvalue weighted by atomic mass is 16.4. The molecule has 1 heterocycles. The zero-order valence-electron chi connectivity index (χ0n) is 11.5. The van der Waals surface area contributed by atoms with Gasteiger partial charge in [0.25, 0.3) is 0 Å². The molecule has 0 amide bonds. The molecule has 1 aromatic heterocycles. The molecule has 7 nitrogen and oxygen atoms in total. The van der Waals surface area contributed by atoms with Crippen LogP contribution in [0.1, 0.15) is 15.9 Å². The second-order valence-electron chi connectivity index (χ2n) is 4.61. The molecule has 0 saturated heterocycles. The Balaban J connectivity index is 1.72. The van der Waals surface area contributed by atoms with Crippen molar-refractivity contribution in [2.24, 2.45) is 0 Å². The highest BCUT2D eigenvalue weighted by Crippen LogP contribution is 2.12. The number of rotatable bonds is 5. The van der Waals surface area contributed by atoms with Crippen molar-refractivity contribution in [1.82, 2.24) is 20.2 Å². The first-order valence-electron chi connectivity index (χ1n) is 6.64. The molecule has 0 spiro atoms. The first-order valence-corrected chi connectivity index (χ1v) is 6.64. The zero-order chi connectivity index (χ0) is 15.4. The molecule has 0 radical (unpaired) electrons. The van der Waals surface area contributed by atoms with E-state index in [2.05, 4.69) is 20.8 Å². The topological polar surface area (TPSA) is 92.9 Å². The standard InChI is InChI=1S/C15H13N5O2/c21-14(22)12-8-6-11(7-9-12)10-16-15-17-18-19-20(15)13-4-2-1-3-5-13/h1-9H,10H2,(H,21,22)(H,16,17,19). The first-order chi connectivity index (χ1) is 10.7. The van der Waals surface area contributed by atoms with E-state index in [9.17, 15) is 4.79 Å². The summed E-state index contributed by atoms with van der Waals surface area (Å²) in [7, 11) is 0. The molecule has 0 atom stereocenters. The third-order valence-electron chi connectivity index (χ3n) is 3.12. The third-order valence-corrected chi connectivity index (χ3v) is 3.12. The van der Waals surface area contributed by atoms with Crippen molar-refractivity contribution in [1.29, 1.82) is 0 Å². The maximum absolute atomic E-state index is 10.8. The van der Waals surface area contributed by atoms with Gasteiger partial charge in [0.2, 0.25) is 5.95 Å². The fourth-order valence-corrected chi connectivity index (χ4v) is 1.99. The van der Waals surface area contributed by atoms with Crippen LogP contribution in [0.2, 0.25) is 0 Å². The smallest absolute Gasteiger partial charge is 0.335 e. The molecule has 0 bridgehead atoms. The van der Waals surface area contributed by atoms with E-state index in [4.69, 9.17) is 5.11 Å². The molecule has 0 fully saturated rings. The van der Waals surface area contributed by atoms with Crippen molar-refractivity contribution < 1.29 is 9.90 Å². The van der Waals surface area contributed by atoms with Gasteiger partial charge in [0.15, 0.2) is 0 Å². The van der Waals surface area contributed by atoms with Gasteiger partial charge in [-0.1, -0.05) is 35.4 Å². The Morgan fingerprint density at radius 2 is 1.82 bits per heavy atom. The Morgan fingerprint density at radius 3 is 2.50 bits per heavy atom. The quantitative estimate of drug-likeness (QED) is 0.747. The van der Waals surface area contributed by atoms with Crippen LogP contribution >= 0.6 is 0 Å². The monoisotopic (exact) mass is 295 g/mol. The number of aromatic nitrogens is 4. The van der Waals surface area contributed by atoms with Crippen LogP contribution < -0.4 is 5.32 Å². The Kier molecular flexibility index (Phi) is 3.78. The normalized spacial score (nSPS) is 10.4. The lowest BCUT2D eigenvalue weighted by Gasteiger charge is -2.07. The van der Waals surface area contributed by atoms with Crippen LogP contribution in [-0.2, 0) is 6.54 Å². The van der Waals surface area contributed by atoms with Crippen molar-refractivity contribution in [3.63, 3.8) is 0 Å². The minimum Gasteiger partial charge on any atom is -0.478 e. The molecule has 110 valence electrons. The van der Waals surface area contributed by atoms with Gasteiger partial charge < -0.3 is 10.4 Å². The summed E-state index contributed by atoms with van der Waals surface area (Å²) in [6, 6.07) is 16.2. The van der Waals surface area contributed by atoms with Gasteiger partial charge in [-0.05, 0) is 40.3 Å². The lowest BCUT2D eigenvalue weighted by molar-refractivity contribution is 0.0697. The lowest BCUT2D eigenvalue weighted by atomic mass is 10.1. The van der Waals surface area contributed by atoms with E-state index in [1.807, 2.05) is 30.3 Å². The SMILES string of the molecule is O=C(O)c1ccc(CNc2nnnn2-c2ccccc2)cc1. The van der Waals surface area contributed by atoms with E-state index >= 15 is 0 Å². The summed E-state index contributed by atoms with van der Waals surface area (Å²) in [5, 5.41) is 23.6. The minimum absolute atomic E-state index is 0.262. The average Bonchev–Trinajstić information content (AvgIpc) is 3.02. The van der Waals surface area contributed by atoms with Crippen molar-refractivity contribution in [2.45, 2.75) is 6.54 Å². The summed E-state index contributed by atoms with van der Waals surface area (Å²) >= 11 is 0. The van der Waals surface area contributed by atoms with Gasteiger partial charge in [-0.25, -0.2) is 4.79 Å². The van der Waals surface area contributed by atoms with E-state index in [-0.39, 0.29) is 5.56 Å². The van der Waals surface area contributed by atoms with E-state index in [1.165, 1.54) is 0 Å². The number of benzene rings is 2. The van der Waals surface area contributed by atoms with E-state index in [0.29, 0.717) is 12.5 Å². The van der Waals surface area contributed by atoms with Gasteiger partial charge in [-0.2, -0.15) is 4.68 Å². The van der Waals surface area contributed by atoms with Gasteiger partial charge in [-0.15, -0.1) is 0 Å². The van der Waals surface area contributed by atoms with Gasteiger partial charge in [0.05, 0.1) is 11.3 Å². The van der Waals surface area contributed by atoms with E-state index in [0.717, 1.165) is 11.3 Å². The predicted molar refractivity (Wildman–Crippen MR) is 79.9 cm³/mol. The molecule has 0 aliphatic heterocycles. The second kappa shape index (κ2) is 6.04. The highest BCUT2D eigenvalue weighted by Gasteiger charge is 2.07. The third kappa shape index (κ3) is 2.93. The largest absolute Gasteiger partial charge is 0.478 e. The van der Waals surface area contributed by atoms with Crippen LogP contribution in [0, 0.1) is 0 Å². The average molecular weight is 295 g/mol. The Morgan fingerprint density at radius 1 is 1.09 bits per heavy atom. The van der Waals surface area contributed by atoms with Crippen molar-refractivity contribution in [3.05, 3.63) is 65.7 Å². The van der Waals surface area contributed by atoms with Crippen LogP contribution in [0.3, 0.4) is 0 Å². The maximum atomic E-state index is 10.8. The number of nitrogens with zero attached hydrogens (tertiary/aromatic N) is 4. The number of aromatic carboxylic acids is 1. The first kappa shape index (κ1) is 13.7. The Bertz CT molecular complexity index is 768. The van der Waals surface area contributed by atoms with Gasteiger partial charge in [0.1, 0.15) is 0 Å². The fraction of sp³-hybridized carbons (Fsp3) is 0.0667. The molecule has 0 aliphatic carbocycles. The predicted octanol–water partition coefficient (Wildman–Crippen LogP) is 1.97. The number of para-hydroxylation sites is 1. The number of carboxylic acids is 1. The number of tetrazole rings is 1. The number of hydrogen-bond donors (Lipinski definition) is 2. The van der Waals surface area contributed by atoms with Crippen LogP contribution in [0.4, 0.5) is 5.95 Å². The minimum atomic E-state index is -0.937. The Hall–Kier alpha value is -3.22. The summed E-state index contributed by atoms with van der Waals surface area (Å²) in [4.78, 5) is 10.8. The number of carboxylic acid groups (broad SMARTS) is 1. The molecule has 3 aromatic rings. The summed E-state index contributed by atoms with van der Waals surface area (Å²) in [5.74, 6) is -0.416. The zero-order valence-corrected chi connectivity index (χ0v) is 11.5. The van der Waals surface area contributed by atoms with Crippen molar-refractivity contribution in [2.75, 3.05) is 5.32 Å².